The summed E-state index contributed by atoms with van der Waals surface area (Å²) in [5, 5.41) is 15.6. The van der Waals surface area contributed by atoms with Gasteiger partial charge in [-0.2, -0.15) is 5.10 Å². The number of aromatic nitrogens is 1. The van der Waals surface area contributed by atoms with Crippen LogP contribution >= 0.6 is 0 Å². The first-order chi connectivity index (χ1) is 9.13. The van der Waals surface area contributed by atoms with Gasteiger partial charge in [0.25, 0.3) is 0 Å². The second-order valence-corrected chi connectivity index (χ2v) is 4.02. The number of hydrazone groups is 1. The molecule has 0 saturated carbocycles. The summed E-state index contributed by atoms with van der Waals surface area (Å²) in [5.74, 6) is 11.2. The molecular formula is C10H14N6O3. The van der Waals surface area contributed by atoms with Crippen molar-refractivity contribution in [3.05, 3.63) is 34.0 Å². The first kappa shape index (κ1) is 13.2. The number of rotatable bonds is 3. The molecule has 1 aromatic rings. The summed E-state index contributed by atoms with van der Waals surface area (Å²) in [6, 6.07) is 4.29. The number of nitro groups is 1. The minimum atomic E-state index is -0.586. The Kier molecular flexibility index (Phi) is 3.88. The largest absolute Gasteiger partial charge is 0.379 e. The Morgan fingerprint density at radius 3 is 3.00 bits per heavy atom. The molecule has 2 heterocycles. The van der Waals surface area contributed by atoms with E-state index in [-0.39, 0.29) is 23.4 Å². The van der Waals surface area contributed by atoms with Crippen molar-refractivity contribution in [1.82, 2.24) is 9.99 Å². The smallest absolute Gasteiger partial charge is 0.364 e. The molecule has 0 aliphatic carbocycles. The van der Waals surface area contributed by atoms with Gasteiger partial charge in [-0.3, -0.25) is 5.01 Å². The van der Waals surface area contributed by atoms with Crippen molar-refractivity contribution in [3.63, 3.8) is 0 Å². The Labute approximate surface area is 109 Å². The first-order valence-electron chi connectivity index (χ1n) is 5.65. The van der Waals surface area contributed by atoms with E-state index in [0.29, 0.717) is 13.2 Å². The molecule has 0 bridgehead atoms. The number of hydrazine groups is 1. The van der Waals surface area contributed by atoms with Crippen molar-refractivity contribution in [2.75, 3.05) is 13.2 Å². The molecule has 19 heavy (non-hydrogen) atoms. The number of nitrogens with two attached hydrogens (primary N) is 2. The zero-order chi connectivity index (χ0) is 13.8. The second-order valence-electron chi connectivity index (χ2n) is 4.02. The average Bonchev–Trinajstić information content (AvgIpc) is 2.93. The average molecular weight is 266 g/mol. The van der Waals surface area contributed by atoms with Crippen molar-refractivity contribution in [2.45, 2.75) is 12.5 Å². The van der Waals surface area contributed by atoms with E-state index < -0.39 is 4.92 Å². The van der Waals surface area contributed by atoms with E-state index in [0.717, 1.165) is 6.42 Å². The van der Waals surface area contributed by atoms with Crippen molar-refractivity contribution in [2.24, 2.45) is 16.8 Å². The SMILES string of the molecule is N/N=C(/c1cccc([N+](=O)[O-])n1)N(N)C1CCOC1. The van der Waals surface area contributed by atoms with Gasteiger partial charge in [-0.1, -0.05) is 0 Å². The Morgan fingerprint density at radius 1 is 1.63 bits per heavy atom. The standard InChI is InChI=1S/C10H14N6O3/c11-14-10(15(12)7-4-5-19-6-7)8-2-1-3-9(13-8)16(17)18/h1-3,7H,4-6,11-12H2/b14-10-. The van der Waals surface area contributed by atoms with Crippen LogP contribution in [0.1, 0.15) is 12.1 Å². The van der Waals surface area contributed by atoms with E-state index in [9.17, 15) is 10.1 Å². The lowest BCUT2D eigenvalue weighted by atomic mass is 10.2. The highest BCUT2D eigenvalue weighted by molar-refractivity contribution is 5.96. The maximum absolute atomic E-state index is 10.7. The molecule has 2 rings (SSSR count). The maximum atomic E-state index is 10.7. The lowest BCUT2D eigenvalue weighted by Gasteiger charge is -2.23. The lowest BCUT2D eigenvalue weighted by molar-refractivity contribution is -0.389. The minimum absolute atomic E-state index is 0.0663. The van der Waals surface area contributed by atoms with E-state index in [2.05, 4.69) is 10.1 Å². The van der Waals surface area contributed by atoms with E-state index >= 15 is 0 Å². The Bertz CT molecular complexity index is 500. The van der Waals surface area contributed by atoms with Crippen LogP contribution in [0.4, 0.5) is 5.82 Å². The highest BCUT2D eigenvalue weighted by Crippen LogP contribution is 2.14. The summed E-state index contributed by atoms with van der Waals surface area (Å²) >= 11 is 0. The summed E-state index contributed by atoms with van der Waals surface area (Å²) in [7, 11) is 0. The van der Waals surface area contributed by atoms with Gasteiger partial charge in [0.15, 0.2) is 0 Å². The molecule has 1 atom stereocenters. The fraction of sp³-hybridized carbons (Fsp3) is 0.400. The third kappa shape index (κ3) is 2.77. The van der Waals surface area contributed by atoms with Crippen LogP contribution in [0.3, 0.4) is 0 Å². The van der Waals surface area contributed by atoms with Crippen molar-refractivity contribution in [1.29, 1.82) is 0 Å². The molecule has 1 aliphatic rings. The molecule has 1 saturated heterocycles. The number of pyridine rings is 1. The van der Waals surface area contributed by atoms with Gasteiger partial charge in [-0.15, -0.1) is 0 Å². The van der Waals surface area contributed by atoms with Crippen LogP contribution in [0.25, 0.3) is 0 Å². The molecule has 0 amide bonds. The van der Waals surface area contributed by atoms with Crippen molar-refractivity contribution < 1.29 is 9.66 Å². The number of hydrogen-bond acceptors (Lipinski definition) is 7. The molecular weight excluding hydrogens is 252 g/mol. The maximum Gasteiger partial charge on any atom is 0.364 e. The Hall–Kier alpha value is -2.26. The van der Waals surface area contributed by atoms with Gasteiger partial charge >= 0.3 is 5.82 Å². The van der Waals surface area contributed by atoms with E-state index in [1.807, 2.05) is 0 Å². The van der Waals surface area contributed by atoms with Crippen molar-refractivity contribution >= 4 is 11.7 Å². The van der Waals surface area contributed by atoms with Gasteiger partial charge in [0, 0.05) is 12.7 Å². The van der Waals surface area contributed by atoms with Crippen LogP contribution in [0, 0.1) is 10.1 Å². The summed E-state index contributed by atoms with van der Waals surface area (Å²) < 4.78 is 5.22. The van der Waals surface area contributed by atoms with Crippen LogP contribution in [0.5, 0.6) is 0 Å². The van der Waals surface area contributed by atoms with Gasteiger partial charge < -0.3 is 20.7 Å². The molecule has 1 aromatic heterocycles. The Morgan fingerprint density at radius 2 is 2.42 bits per heavy atom. The second kappa shape index (κ2) is 5.59. The molecule has 1 aliphatic heterocycles. The number of nitrogens with zero attached hydrogens (tertiary/aromatic N) is 4. The zero-order valence-corrected chi connectivity index (χ0v) is 10.1. The predicted molar refractivity (Wildman–Crippen MR) is 66.9 cm³/mol. The summed E-state index contributed by atoms with van der Waals surface area (Å²) in [6.07, 6.45) is 0.741. The fourth-order valence-corrected chi connectivity index (χ4v) is 1.83. The first-order valence-corrected chi connectivity index (χ1v) is 5.65. The molecule has 0 spiro atoms. The van der Waals surface area contributed by atoms with Crippen LogP contribution < -0.4 is 11.7 Å². The highest BCUT2D eigenvalue weighted by atomic mass is 16.6. The molecule has 9 nitrogen and oxygen atoms in total. The quantitative estimate of drug-likeness (QED) is 0.249. The number of hydrogen-bond donors (Lipinski definition) is 2. The van der Waals surface area contributed by atoms with Crippen LogP contribution in [-0.2, 0) is 4.74 Å². The number of ether oxygens (including phenoxy) is 1. The van der Waals surface area contributed by atoms with E-state index in [1.165, 1.54) is 17.1 Å². The van der Waals surface area contributed by atoms with E-state index in [4.69, 9.17) is 16.4 Å². The predicted octanol–water partition coefficient (Wildman–Crippen LogP) is -0.425. The number of amidine groups is 1. The van der Waals surface area contributed by atoms with Gasteiger partial charge in [-0.05, 0) is 28.5 Å². The molecule has 1 fully saturated rings. The molecule has 102 valence electrons. The lowest BCUT2D eigenvalue weighted by Crippen LogP contribution is -2.47. The van der Waals surface area contributed by atoms with Gasteiger partial charge in [-0.25, -0.2) is 5.84 Å². The van der Waals surface area contributed by atoms with Crippen LogP contribution in [-0.4, -0.2) is 40.0 Å². The Balaban J connectivity index is 2.26. The van der Waals surface area contributed by atoms with Crippen LogP contribution in [0.2, 0.25) is 0 Å². The monoisotopic (exact) mass is 266 g/mol. The summed E-state index contributed by atoms with van der Waals surface area (Å²) in [5.41, 5.74) is 0.256. The van der Waals surface area contributed by atoms with Gasteiger partial charge in [0.2, 0.25) is 11.5 Å². The molecule has 9 heteroatoms. The third-order valence-electron chi connectivity index (χ3n) is 2.82. The summed E-state index contributed by atoms with van der Waals surface area (Å²) in [4.78, 5) is 14.0. The minimum Gasteiger partial charge on any atom is -0.379 e. The third-order valence-corrected chi connectivity index (χ3v) is 2.82. The van der Waals surface area contributed by atoms with Gasteiger partial charge in [0.05, 0.1) is 12.6 Å². The molecule has 4 N–H and O–H groups in total. The zero-order valence-electron chi connectivity index (χ0n) is 10.1. The van der Waals surface area contributed by atoms with Crippen molar-refractivity contribution in [3.8, 4) is 0 Å². The normalized spacial score (nSPS) is 19.4. The van der Waals surface area contributed by atoms with Crippen LogP contribution in [0.15, 0.2) is 23.3 Å². The van der Waals surface area contributed by atoms with E-state index in [1.54, 1.807) is 6.07 Å². The molecule has 1 unspecified atom stereocenters. The van der Waals surface area contributed by atoms with Gasteiger partial charge in [0.1, 0.15) is 0 Å². The fourth-order valence-electron chi connectivity index (χ4n) is 1.83. The molecule has 0 radical (unpaired) electrons. The highest BCUT2D eigenvalue weighted by Gasteiger charge is 2.27. The topological polar surface area (TPSA) is 133 Å². The molecule has 0 aromatic carbocycles. The summed E-state index contributed by atoms with van der Waals surface area (Å²) in [6.45, 7) is 1.07.